The highest BCUT2D eigenvalue weighted by Crippen LogP contribution is 2.47. The van der Waals surface area contributed by atoms with Crippen molar-refractivity contribution in [1.82, 2.24) is 0 Å². The van der Waals surface area contributed by atoms with E-state index in [1.807, 2.05) is 83.1 Å². The first-order chi connectivity index (χ1) is 13.2. The lowest BCUT2D eigenvalue weighted by Crippen LogP contribution is -2.14. The minimum absolute atomic E-state index is 0.160. The summed E-state index contributed by atoms with van der Waals surface area (Å²) in [7, 11) is 0. The van der Waals surface area contributed by atoms with Crippen LogP contribution in [0.5, 0.6) is 0 Å². The molecule has 0 amide bonds. The van der Waals surface area contributed by atoms with E-state index in [4.69, 9.17) is 0 Å². The Balaban J connectivity index is -0.000000191. The molecule has 0 unspecified atom stereocenters. The zero-order chi connectivity index (χ0) is 22.5. The monoisotopic (exact) mass is 374 g/mol. The second-order valence-electron chi connectivity index (χ2n) is 4.72. The van der Waals surface area contributed by atoms with E-state index in [1.165, 1.54) is 22.3 Å². The smallest absolute Gasteiger partial charge is 0.0158 e. The Morgan fingerprint density at radius 1 is 0.407 bits per heavy atom. The third-order valence-corrected chi connectivity index (χ3v) is 3.49. The van der Waals surface area contributed by atoms with Gasteiger partial charge in [-0.1, -0.05) is 145 Å². The molecule has 0 saturated carbocycles. The van der Waals surface area contributed by atoms with Crippen molar-refractivity contribution in [3.8, 4) is 11.1 Å². The van der Waals surface area contributed by atoms with E-state index >= 15 is 0 Å². The Kier molecular flexibility index (Phi) is 27.5. The minimum atomic E-state index is 0.160. The molecule has 27 heavy (non-hydrogen) atoms. The average Bonchev–Trinajstić information content (AvgIpc) is 3.04. The number of fused-ring (bicyclic) bond motifs is 3. The topological polar surface area (TPSA) is 0 Å². The zero-order valence-corrected chi connectivity index (χ0v) is 21.1. The lowest BCUT2D eigenvalue weighted by atomic mass is 9.82. The normalized spacial score (nSPS) is 10.1. The van der Waals surface area contributed by atoms with Gasteiger partial charge in [-0.15, -0.1) is 0 Å². The molecule has 0 atom stereocenters. The molecule has 0 aromatic heterocycles. The van der Waals surface area contributed by atoms with E-state index in [-0.39, 0.29) is 5.41 Å². The standard InChI is InChI=1S/C15H14.6C2H6/c1-15(2)13-9-5-3-7-11(13)12-8-4-6-10-14(12)15;6*1-2/h3-10H,1-2H3;6*1-2H3. The molecule has 0 nitrogen and oxygen atoms in total. The van der Waals surface area contributed by atoms with Crippen molar-refractivity contribution in [3.05, 3.63) is 59.7 Å². The first-order valence-electron chi connectivity index (χ1n) is 11.4. The van der Waals surface area contributed by atoms with Crippen molar-refractivity contribution in [3.63, 3.8) is 0 Å². The third-order valence-electron chi connectivity index (χ3n) is 3.49. The van der Waals surface area contributed by atoms with Gasteiger partial charge in [-0.25, -0.2) is 0 Å². The van der Waals surface area contributed by atoms with Gasteiger partial charge in [0.05, 0.1) is 0 Å². The summed E-state index contributed by atoms with van der Waals surface area (Å²) < 4.78 is 0. The molecule has 2 aromatic rings. The molecule has 0 aliphatic heterocycles. The molecule has 0 spiro atoms. The Hall–Kier alpha value is -1.56. The van der Waals surface area contributed by atoms with Gasteiger partial charge in [0.1, 0.15) is 0 Å². The highest BCUT2D eigenvalue weighted by Gasteiger charge is 2.34. The van der Waals surface area contributed by atoms with Crippen molar-refractivity contribution in [2.75, 3.05) is 0 Å². The first-order valence-corrected chi connectivity index (χ1v) is 11.4. The van der Waals surface area contributed by atoms with Gasteiger partial charge < -0.3 is 0 Å². The van der Waals surface area contributed by atoms with Gasteiger partial charge in [-0.3, -0.25) is 0 Å². The van der Waals surface area contributed by atoms with E-state index in [1.54, 1.807) is 0 Å². The van der Waals surface area contributed by atoms with E-state index in [0.717, 1.165) is 0 Å². The fourth-order valence-electron chi connectivity index (χ4n) is 2.67. The van der Waals surface area contributed by atoms with Gasteiger partial charge >= 0.3 is 0 Å². The molecular weight excluding hydrogens is 324 g/mol. The molecule has 0 radical (unpaired) electrons. The summed E-state index contributed by atoms with van der Waals surface area (Å²) in [4.78, 5) is 0. The van der Waals surface area contributed by atoms with Crippen LogP contribution in [-0.2, 0) is 5.41 Å². The van der Waals surface area contributed by atoms with Crippen LogP contribution in [0.4, 0.5) is 0 Å². The lowest BCUT2D eigenvalue weighted by Gasteiger charge is -2.20. The maximum atomic E-state index is 2.30. The number of benzene rings is 2. The van der Waals surface area contributed by atoms with E-state index in [9.17, 15) is 0 Å². The Labute approximate surface area is 173 Å². The molecule has 3 rings (SSSR count). The van der Waals surface area contributed by atoms with Crippen molar-refractivity contribution < 1.29 is 0 Å². The third kappa shape index (κ3) is 9.27. The molecule has 0 N–H and O–H groups in total. The Bertz CT molecular complexity index is 474. The van der Waals surface area contributed by atoms with Gasteiger partial charge in [0.15, 0.2) is 0 Å². The fraction of sp³-hybridized carbons (Fsp3) is 0.556. The molecule has 0 heterocycles. The van der Waals surface area contributed by atoms with E-state index < -0.39 is 0 Å². The van der Waals surface area contributed by atoms with Crippen molar-refractivity contribution in [2.45, 2.75) is 102 Å². The van der Waals surface area contributed by atoms with Gasteiger partial charge in [0, 0.05) is 5.41 Å². The summed E-state index contributed by atoms with van der Waals surface area (Å²) in [6.45, 7) is 28.6. The van der Waals surface area contributed by atoms with Crippen LogP contribution in [-0.4, -0.2) is 0 Å². The molecule has 158 valence electrons. The number of hydrogen-bond acceptors (Lipinski definition) is 0. The summed E-state index contributed by atoms with van der Waals surface area (Å²) in [6, 6.07) is 17.4. The van der Waals surface area contributed by atoms with Crippen LogP contribution in [0.1, 0.15) is 108 Å². The second kappa shape index (κ2) is 22.5. The Morgan fingerprint density at radius 3 is 0.889 bits per heavy atom. The van der Waals surface area contributed by atoms with Gasteiger partial charge in [-0.2, -0.15) is 0 Å². The highest BCUT2D eigenvalue weighted by molar-refractivity contribution is 5.80. The largest absolute Gasteiger partial charge is 0.0683 e. The van der Waals surface area contributed by atoms with Crippen LogP contribution in [0, 0.1) is 0 Å². The molecule has 0 heteroatoms. The average molecular weight is 375 g/mol. The zero-order valence-electron chi connectivity index (χ0n) is 21.1. The summed E-state index contributed by atoms with van der Waals surface area (Å²) >= 11 is 0. The van der Waals surface area contributed by atoms with Crippen molar-refractivity contribution in [2.24, 2.45) is 0 Å². The van der Waals surface area contributed by atoms with Crippen LogP contribution >= 0.6 is 0 Å². The minimum Gasteiger partial charge on any atom is -0.0683 e. The fourth-order valence-corrected chi connectivity index (χ4v) is 2.67. The molecule has 0 saturated heterocycles. The van der Waals surface area contributed by atoms with Gasteiger partial charge in [0.2, 0.25) is 0 Å². The number of rotatable bonds is 0. The number of hydrogen-bond donors (Lipinski definition) is 0. The summed E-state index contributed by atoms with van der Waals surface area (Å²) in [5.41, 5.74) is 5.86. The Morgan fingerprint density at radius 2 is 0.630 bits per heavy atom. The van der Waals surface area contributed by atoms with Crippen LogP contribution in [0.15, 0.2) is 48.5 Å². The van der Waals surface area contributed by atoms with Crippen LogP contribution in [0.3, 0.4) is 0 Å². The van der Waals surface area contributed by atoms with Crippen LogP contribution < -0.4 is 0 Å². The molecule has 1 aliphatic carbocycles. The predicted molar refractivity (Wildman–Crippen MR) is 132 cm³/mol. The maximum absolute atomic E-state index is 2.30. The van der Waals surface area contributed by atoms with Gasteiger partial charge in [-0.05, 0) is 22.3 Å². The maximum Gasteiger partial charge on any atom is 0.0158 e. The molecule has 0 bridgehead atoms. The van der Waals surface area contributed by atoms with Gasteiger partial charge in [0.25, 0.3) is 0 Å². The van der Waals surface area contributed by atoms with Crippen LogP contribution in [0.25, 0.3) is 11.1 Å². The molecule has 0 fully saturated rings. The van der Waals surface area contributed by atoms with E-state index in [2.05, 4.69) is 62.4 Å². The SMILES string of the molecule is CC.CC.CC.CC.CC.CC.CC1(C)c2ccccc2-c2ccccc21. The predicted octanol–water partition coefficient (Wildman–Crippen LogP) is 10.2. The molecule has 2 aromatic carbocycles. The van der Waals surface area contributed by atoms with Crippen LogP contribution in [0.2, 0.25) is 0 Å². The van der Waals surface area contributed by atoms with Crippen molar-refractivity contribution >= 4 is 0 Å². The summed E-state index contributed by atoms with van der Waals surface area (Å²) in [6.07, 6.45) is 0. The molecule has 1 aliphatic rings. The van der Waals surface area contributed by atoms with E-state index in [0.29, 0.717) is 0 Å². The summed E-state index contributed by atoms with van der Waals surface area (Å²) in [5, 5.41) is 0. The lowest BCUT2D eigenvalue weighted by molar-refractivity contribution is 0.660. The summed E-state index contributed by atoms with van der Waals surface area (Å²) in [5.74, 6) is 0. The highest BCUT2D eigenvalue weighted by atomic mass is 14.4. The van der Waals surface area contributed by atoms with Crippen molar-refractivity contribution in [1.29, 1.82) is 0 Å². The second-order valence-corrected chi connectivity index (χ2v) is 4.72. The molecular formula is C27H50. The first kappa shape index (κ1) is 33.1. The quantitative estimate of drug-likeness (QED) is 0.430.